The molecule has 3 nitrogen and oxygen atoms in total. The van der Waals surface area contributed by atoms with Crippen molar-refractivity contribution in [3.8, 4) is 0 Å². The molecule has 2 N–H and O–H groups in total. The Morgan fingerprint density at radius 2 is 2.24 bits per heavy atom. The first-order valence-electron chi connectivity index (χ1n) is 7.91. The lowest BCUT2D eigenvalue weighted by Crippen LogP contribution is -2.41. The lowest BCUT2D eigenvalue weighted by molar-refractivity contribution is 0.180. The van der Waals surface area contributed by atoms with Gasteiger partial charge < -0.3 is 10.6 Å². The Hall–Kier alpha value is -0.420. The fourth-order valence-corrected chi connectivity index (χ4v) is 3.86. The van der Waals surface area contributed by atoms with E-state index in [0.29, 0.717) is 6.04 Å². The van der Waals surface area contributed by atoms with Crippen molar-refractivity contribution in [3.63, 3.8) is 0 Å². The molecule has 21 heavy (non-hydrogen) atoms. The van der Waals surface area contributed by atoms with Gasteiger partial charge in [-0.15, -0.1) is 0 Å². The number of nitrogens with zero attached hydrogens (tertiary/aromatic N) is 2. The van der Waals surface area contributed by atoms with Gasteiger partial charge in [-0.2, -0.15) is 0 Å². The zero-order chi connectivity index (χ0) is 15.4. The van der Waals surface area contributed by atoms with Crippen LogP contribution in [0.4, 0.5) is 0 Å². The molecule has 1 aromatic carbocycles. The molecule has 3 unspecified atom stereocenters. The van der Waals surface area contributed by atoms with Crippen LogP contribution < -0.4 is 5.73 Å². The Morgan fingerprint density at radius 3 is 2.81 bits per heavy atom. The molecule has 0 saturated carbocycles. The topological polar surface area (TPSA) is 32.5 Å². The molecule has 118 valence electrons. The third kappa shape index (κ3) is 4.52. The van der Waals surface area contributed by atoms with Crippen LogP contribution in [0.1, 0.15) is 31.4 Å². The van der Waals surface area contributed by atoms with E-state index in [0.717, 1.165) is 23.4 Å². The van der Waals surface area contributed by atoms with Crippen LogP contribution >= 0.6 is 15.9 Å². The number of likely N-dealkylation sites (N-methyl/N-ethyl adjacent to an activating group) is 1. The zero-order valence-corrected chi connectivity index (χ0v) is 15.0. The summed E-state index contributed by atoms with van der Waals surface area (Å²) in [6, 6.07) is 9.04. The van der Waals surface area contributed by atoms with E-state index in [1.54, 1.807) is 0 Å². The lowest BCUT2D eigenvalue weighted by Gasteiger charge is -2.34. The fourth-order valence-electron chi connectivity index (χ4n) is 3.44. The third-order valence-electron chi connectivity index (χ3n) is 4.58. The summed E-state index contributed by atoms with van der Waals surface area (Å²) in [5.41, 5.74) is 7.75. The Bertz CT molecular complexity index is 451. The van der Waals surface area contributed by atoms with Gasteiger partial charge in [0.1, 0.15) is 0 Å². The van der Waals surface area contributed by atoms with E-state index in [2.05, 4.69) is 71.0 Å². The molecule has 0 aromatic heterocycles. The van der Waals surface area contributed by atoms with Crippen LogP contribution in [0.5, 0.6) is 0 Å². The van der Waals surface area contributed by atoms with Crippen LogP contribution in [0.2, 0.25) is 0 Å². The first kappa shape index (κ1) is 16.9. The van der Waals surface area contributed by atoms with Crippen molar-refractivity contribution in [2.45, 2.75) is 31.8 Å². The lowest BCUT2D eigenvalue weighted by atomic mass is 9.95. The molecular formula is C17H28BrN3. The Morgan fingerprint density at radius 1 is 1.48 bits per heavy atom. The highest BCUT2D eigenvalue weighted by Gasteiger charge is 2.27. The summed E-state index contributed by atoms with van der Waals surface area (Å²) in [7, 11) is 4.43. The third-order valence-corrected chi connectivity index (χ3v) is 5.07. The summed E-state index contributed by atoms with van der Waals surface area (Å²) in [4.78, 5) is 4.88. The summed E-state index contributed by atoms with van der Waals surface area (Å²) in [6.07, 6.45) is 2.29. The first-order valence-corrected chi connectivity index (χ1v) is 8.70. The van der Waals surface area contributed by atoms with E-state index >= 15 is 0 Å². The van der Waals surface area contributed by atoms with E-state index in [1.165, 1.54) is 25.1 Å². The second kappa shape index (κ2) is 7.73. The van der Waals surface area contributed by atoms with Gasteiger partial charge >= 0.3 is 0 Å². The molecular weight excluding hydrogens is 326 g/mol. The largest absolute Gasteiger partial charge is 0.326 e. The highest BCUT2D eigenvalue weighted by Crippen LogP contribution is 2.28. The number of benzene rings is 1. The minimum Gasteiger partial charge on any atom is -0.326 e. The van der Waals surface area contributed by atoms with Crippen molar-refractivity contribution in [2.75, 3.05) is 33.7 Å². The van der Waals surface area contributed by atoms with E-state index in [-0.39, 0.29) is 6.04 Å². The average Bonchev–Trinajstić information content (AvgIpc) is 2.84. The van der Waals surface area contributed by atoms with E-state index < -0.39 is 0 Å². The molecule has 0 radical (unpaired) electrons. The van der Waals surface area contributed by atoms with Gasteiger partial charge in [0.05, 0.1) is 0 Å². The summed E-state index contributed by atoms with van der Waals surface area (Å²) in [6.45, 7) is 5.72. The molecule has 1 aliphatic rings. The normalized spacial score (nSPS) is 22.7. The maximum atomic E-state index is 6.43. The summed E-state index contributed by atoms with van der Waals surface area (Å²) in [5.74, 6) is 0.763. The number of rotatable bonds is 6. The van der Waals surface area contributed by atoms with Crippen molar-refractivity contribution >= 4 is 15.9 Å². The molecule has 1 aliphatic heterocycles. The molecule has 0 aliphatic carbocycles. The van der Waals surface area contributed by atoms with Gasteiger partial charge in [-0.3, -0.25) is 4.90 Å². The molecule has 0 spiro atoms. The van der Waals surface area contributed by atoms with E-state index in [4.69, 9.17) is 5.73 Å². The first-order chi connectivity index (χ1) is 10.0. The summed E-state index contributed by atoms with van der Waals surface area (Å²) < 4.78 is 1.13. The van der Waals surface area contributed by atoms with Crippen molar-refractivity contribution in [1.29, 1.82) is 0 Å². The van der Waals surface area contributed by atoms with Gasteiger partial charge in [0.15, 0.2) is 0 Å². The van der Waals surface area contributed by atoms with E-state index in [1.807, 2.05) is 0 Å². The molecule has 1 saturated heterocycles. The molecule has 0 amide bonds. The molecule has 3 atom stereocenters. The Labute approximate surface area is 137 Å². The fraction of sp³-hybridized carbons (Fsp3) is 0.647. The highest BCUT2D eigenvalue weighted by atomic mass is 79.9. The van der Waals surface area contributed by atoms with Crippen LogP contribution in [-0.4, -0.2) is 49.6 Å². The van der Waals surface area contributed by atoms with E-state index in [9.17, 15) is 0 Å². The predicted molar refractivity (Wildman–Crippen MR) is 93.4 cm³/mol. The van der Waals surface area contributed by atoms with Crippen molar-refractivity contribution < 1.29 is 0 Å². The molecule has 1 heterocycles. The minimum atomic E-state index is 0.170. The molecule has 2 rings (SSSR count). The summed E-state index contributed by atoms with van der Waals surface area (Å²) in [5, 5.41) is 0. The van der Waals surface area contributed by atoms with Crippen LogP contribution in [0.3, 0.4) is 0 Å². The molecule has 4 heteroatoms. The highest BCUT2D eigenvalue weighted by molar-refractivity contribution is 9.10. The smallest absolute Gasteiger partial charge is 0.0496 e. The number of likely N-dealkylation sites (tertiary alicyclic amines) is 1. The van der Waals surface area contributed by atoms with Gasteiger partial charge in [-0.05, 0) is 57.1 Å². The quantitative estimate of drug-likeness (QED) is 0.852. The van der Waals surface area contributed by atoms with Crippen molar-refractivity contribution in [2.24, 2.45) is 11.7 Å². The average molecular weight is 354 g/mol. The van der Waals surface area contributed by atoms with Gasteiger partial charge in [-0.25, -0.2) is 0 Å². The molecule has 1 aromatic rings. The second-order valence-corrected chi connectivity index (χ2v) is 7.34. The number of hydrogen-bond donors (Lipinski definition) is 1. The second-order valence-electron chi connectivity index (χ2n) is 6.43. The molecule has 1 fully saturated rings. The van der Waals surface area contributed by atoms with Gasteiger partial charge in [-0.1, -0.05) is 35.0 Å². The van der Waals surface area contributed by atoms with Gasteiger partial charge in [0.25, 0.3) is 0 Å². The maximum absolute atomic E-state index is 6.43. The van der Waals surface area contributed by atoms with Crippen LogP contribution in [-0.2, 0) is 0 Å². The predicted octanol–water partition coefficient (Wildman–Crippen LogP) is 3.11. The van der Waals surface area contributed by atoms with Gasteiger partial charge in [0, 0.05) is 29.6 Å². The standard InChI is InChI=1S/C17H28BrN3/c1-4-16(19)17(14-6-5-7-15(18)10-14)21(3)12-13-8-9-20(2)11-13/h5-7,10,13,16-17H,4,8-9,11-12,19H2,1-3H3. The Balaban J connectivity index is 2.11. The van der Waals surface area contributed by atoms with Crippen LogP contribution in [0, 0.1) is 5.92 Å². The summed E-state index contributed by atoms with van der Waals surface area (Å²) >= 11 is 3.58. The van der Waals surface area contributed by atoms with Crippen molar-refractivity contribution in [3.05, 3.63) is 34.3 Å². The SMILES string of the molecule is CCC(N)C(c1cccc(Br)c1)N(C)CC1CCN(C)C1. The van der Waals surface area contributed by atoms with Crippen molar-refractivity contribution in [1.82, 2.24) is 9.80 Å². The minimum absolute atomic E-state index is 0.170. The molecule has 0 bridgehead atoms. The van der Waals surface area contributed by atoms with Crippen LogP contribution in [0.25, 0.3) is 0 Å². The van der Waals surface area contributed by atoms with Gasteiger partial charge in [0.2, 0.25) is 0 Å². The number of halogens is 1. The maximum Gasteiger partial charge on any atom is 0.0496 e. The zero-order valence-electron chi connectivity index (χ0n) is 13.4. The monoisotopic (exact) mass is 353 g/mol. The number of nitrogens with two attached hydrogens (primary N) is 1. The van der Waals surface area contributed by atoms with Crippen LogP contribution in [0.15, 0.2) is 28.7 Å². The Kier molecular flexibility index (Phi) is 6.23. The number of hydrogen-bond acceptors (Lipinski definition) is 3.